The molecule has 5 nitrogen and oxygen atoms in total. The van der Waals surface area contributed by atoms with E-state index in [0.717, 1.165) is 24.7 Å². The van der Waals surface area contributed by atoms with E-state index in [1.54, 1.807) is 12.4 Å². The highest BCUT2D eigenvalue weighted by Gasteiger charge is 2.14. The maximum absolute atomic E-state index is 12.4. The van der Waals surface area contributed by atoms with Gasteiger partial charge in [0.05, 0.1) is 5.56 Å². The molecule has 3 rings (SSSR count). The third-order valence-electron chi connectivity index (χ3n) is 4.62. The van der Waals surface area contributed by atoms with Crippen LogP contribution in [0.25, 0.3) is 0 Å². The fourth-order valence-corrected chi connectivity index (χ4v) is 3.03. The molecule has 0 unspecified atom stereocenters. The van der Waals surface area contributed by atoms with Crippen LogP contribution < -0.4 is 10.2 Å². The lowest BCUT2D eigenvalue weighted by atomic mass is 10.0. The minimum Gasteiger partial charge on any atom is -0.341 e. The van der Waals surface area contributed by atoms with Crippen LogP contribution in [0.2, 0.25) is 0 Å². The lowest BCUT2D eigenvalue weighted by Gasteiger charge is -2.19. The monoisotopic (exact) mass is 338 g/mol. The SMILES string of the molecule is CC(C)c1ccc(NC(=O)c2cnc(N3CCCCCC3)nc2)cc1. The first-order valence-electron chi connectivity index (χ1n) is 9.12. The van der Waals surface area contributed by atoms with Gasteiger partial charge in [-0.2, -0.15) is 0 Å². The van der Waals surface area contributed by atoms with Gasteiger partial charge in [0.15, 0.2) is 0 Å². The van der Waals surface area contributed by atoms with Gasteiger partial charge in [0.25, 0.3) is 5.91 Å². The predicted octanol–water partition coefficient (Wildman–Crippen LogP) is 4.23. The number of hydrogen-bond acceptors (Lipinski definition) is 4. The van der Waals surface area contributed by atoms with Crippen LogP contribution in [0.15, 0.2) is 36.7 Å². The molecule has 1 fully saturated rings. The summed E-state index contributed by atoms with van der Waals surface area (Å²) >= 11 is 0. The van der Waals surface area contributed by atoms with Crippen LogP contribution in [-0.4, -0.2) is 29.0 Å². The second-order valence-corrected chi connectivity index (χ2v) is 6.90. The largest absolute Gasteiger partial charge is 0.341 e. The van der Waals surface area contributed by atoms with E-state index in [1.165, 1.54) is 31.2 Å². The maximum Gasteiger partial charge on any atom is 0.258 e. The van der Waals surface area contributed by atoms with Crippen molar-refractivity contribution in [1.29, 1.82) is 0 Å². The van der Waals surface area contributed by atoms with Crippen LogP contribution in [0.5, 0.6) is 0 Å². The Morgan fingerprint density at radius 3 is 2.16 bits per heavy atom. The zero-order valence-electron chi connectivity index (χ0n) is 15.0. The number of aromatic nitrogens is 2. The first-order chi connectivity index (χ1) is 12.1. The fourth-order valence-electron chi connectivity index (χ4n) is 3.03. The van der Waals surface area contributed by atoms with Gasteiger partial charge in [-0.3, -0.25) is 4.79 Å². The van der Waals surface area contributed by atoms with Crippen molar-refractivity contribution in [2.24, 2.45) is 0 Å². The standard InChI is InChI=1S/C20H26N4O/c1-15(2)16-7-9-18(10-8-16)23-19(25)17-13-21-20(22-14-17)24-11-5-3-4-6-12-24/h7-10,13-15H,3-6,11-12H2,1-2H3,(H,23,25). The molecule has 0 spiro atoms. The molecule has 0 atom stereocenters. The third-order valence-corrected chi connectivity index (χ3v) is 4.62. The molecular weight excluding hydrogens is 312 g/mol. The number of benzene rings is 1. The molecule has 0 bridgehead atoms. The summed E-state index contributed by atoms with van der Waals surface area (Å²) in [7, 11) is 0. The molecule has 2 aromatic rings. The first-order valence-corrected chi connectivity index (χ1v) is 9.12. The minimum atomic E-state index is -0.181. The summed E-state index contributed by atoms with van der Waals surface area (Å²) in [6.07, 6.45) is 8.13. The van der Waals surface area contributed by atoms with Gasteiger partial charge >= 0.3 is 0 Å². The van der Waals surface area contributed by atoms with Crippen molar-refractivity contribution >= 4 is 17.5 Å². The molecule has 1 N–H and O–H groups in total. The van der Waals surface area contributed by atoms with E-state index >= 15 is 0 Å². The Morgan fingerprint density at radius 2 is 1.60 bits per heavy atom. The summed E-state index contributed by atoms with van der Waals surface area (Å²) in [5.41, 5.74) is 2.51. The van der Waals surface area contributed by atoms with Crippen LogP contribution in [-0.2, 0) is 0 Å². The van der Waals surface area contributed by atoms with Gasteiger partial charge < -0.3 is 10.2 Å². The Balaban J connectivity index is 1.64. The summed E-state index contributed by atoms with van der Waals surface area (Å²) in [5.74, 6) is 1.02. The van der Waals surface area contributed by atoms with E-state index in [0.29, 0.717) is 11.5 Å². The van der Waals surface area contributed by atoms with Crippen LogP contribution in [0.4, 0.5) is 11.6 Å². The van der Waals surface area contributed by atoms with Crippen molar-refractivity contribution < 1.29 is 4.79 Å². The lowest BCUT2D eigenvalue weighted by molar-refractivity contribution is 0.102. The lowest BCUT2D eigenvalue weighted by Crippen LogP contribution is -2.26. The molecule has 132 valence electrons. The number of carbonyl (C=O) groups is 1. The number of rotatable bonds is 4. The van der Waals surface area contributed by atoms with E-state index in [9.17, 15) is 4.79 Å². The van der Waals surface area contributed by atoms with Gasteiger partial charge in [-0.05, 0) is 36.5 Å². The summed E-state index contributed by atoms with van der Waals surface area (Å²) in [6.45, 7) is 6.29. The summed E-state index contributed by atoms with van der Waals surface area (Å²) in [4.78, 5) is 23.4. The Hall–Kier alpha value is -2.43. The molecule has 1 aromatic heterocycles. The smallest absolute Gasteiger partial charge is 0.258 e. The number of carbonyl (C=O) groups excluding carboxylic acids is 1. The van der Waals surface area contributed by atoms with E-state index in [2.05, 4.69) is 34.0 Å². The molecule has 5 heteroatoms. The van der Waals surface area contributed by atoms with E-state index < -0.39 is 0 Å². The fraction of sp³-hybridized carbons (Fsp3) is 0.450. The zero-order chi connectivity index (χ0) is 17.6. The maximum atomic E-state index is 12.4. The van der Waals surface area contributed by atoms with E-state index in [1.807, 2.05) is 24.3 Å². The molecule has 0 saturated carbocycles. The number of anilines is 2. The van der Waals surface area contributed by atoms with E-state index in [4.69, 9.17) is 0 Å². The van der Waals surface area contributed by atoms with Crippen molar-refractivity contribution in [3.63, 3.8) is 0 Å². The van der Waals surface area contributed by atoms with Gasteiger partial charge in [0, 0.05) is 31.2 Å². The summed E-state index contributed by atoms with van der Waals surface area (Å²) < 4.78 is 0. The second kappa shape index (κ2) is 8.10. The van der Waals surface area contributed by atoms with Crippen molar-refractivity contribution in [2.45, 2.75) is 45.4 Å². The molecule has 0 aliphatic carbocycles. The highest BCUT2D eigenvalue weighted by atomic mass is 16.1. The van der Waals surface area contributed by atoms with Crippen molar-refractivity contribution in [3.8, 4) is 0 Å². The van der Waals surface area contributed by atoms with Crippen LogP contribution >= 0.6 is 0 Å². The van der Waals surface area contributed by atoms with Gasteiger partial charge in [-0.1, -0.05) is 38.8 Å². The summed E-state index contributed by atoms with van der Waals surface area (Å²) in [5, 5.41) is 2.90. The van der Waals surface area contributed by atoms with Gasteiger partial charge in [0.1, 0.15) is 0 Å². The number of amides is 1. The van der Waals surface area contributed by atoms with Gasteiger partial charge in [0.2, 0.25) is 5.95 Å². The minimum absolute atomic E-state index is 0.181. The molecule has 2 heterocycles. The number of nitrogens with one attached hydrogen (secondary N) is 1. The summed E-state index contributed by atoms with van der Waals surface area (Å²) in [6, 6.07) is 7.94. The quantitative estimate of drug-likeness (QED) is 0.906. The zero-order valence-corrected chi connectivity index (χ0v) is 15.0. The Labute approximate surface area is 149 Å². The molecular formula is C20H26N4O. The number of nitrogens with zero attached hydrogens (tertiary/aromatic N) is 3. The van der Waals surface area contributed by atoms with Crippen molar-refractivity contribution in [1.82, 2.24) is 9.97 Å². The topological polar surface area (TPSA) is 58.1 Å². The predicted molar refractivity (Wildman–Crippen MR) is 101 cm³/mol. The molecule has 1 aromatic carbocycles. The average molecular weight is 338 g/mol. The first kappa shape index (κ1) is 17.4. The molecule has 0 radical (unpaired) electrons. The normalized spacial score (nSPS) is 15.1. The number of hydrogen-bond donors (Lipinski definition) is 1. The Morgan fingerprint density at radius 1 is 1.00 bits per heavy atom. The van der Waals surface area contributed by atoms with E-state index in [-0.39, 0.29) is 5.91 Å². The molecule has 1 amide bonds. The molecule has 1 aliphatic heterocycles. The van der Waals surface area contributed by atoms with Gasteiger partial charge in [-0.25, -0.2) is 9.97 Å². The van der Waals surface area contributed by atoms with Crippen LogP contribution in [0.1, 0.15) is 61.4 Å². The Bertz CT molecular complexity index is 687. The van der Waals surface area contributed by atoms with Crippen molar-refractivity contribution in [3.05, 3.63) is 47.8 Å². The Kier molecular flexibility index (Phi) is 5.64. The highest BCUT2D eigenvalue weighted by molar-refractivity contribution is 6.03. The van der Waals surface area contributed by atoms with Crippen LogP contribution in [0, 0.1) is 0 Å². The second-order valence-electron chi connectivity index (χ2n) is 6.90. The van der Waals surface area contributed by atoms with Crippen molar-refractivity contribution in [2.75, 3.05) is 23.3 Å². The molecule has 1 aliphatic rings. The average Bonchev–Trinajstić information content (AvgIpc) is 2.92. The third kappa shape index (κ3) is 4.56. The highest BCUT2D eigenvalue weighted by Crippen LogP contribution is 2.18. The molecule has 25 heavy (non-hydrogen) atoms. The van der Waals surface area contributed by atoms with Crippen LogP contribution in [0.3, 0.4) is 0 Å². The van der Waals surface area contributed by atoms with Gasteiger partial charge in [-0.15, -0.1) is 0 Å². The molecule has 1 saturated heterocycles.